The zero-order valence-corrected chi connectivity index (χ0v) is 11.3. The molecule has 0 unspecified atom stereocenters. The standard InChI is InChI=1S/C14H28O2/c1-4-6-10-14(3,11-7-5-2)12-8-9-13-15-16-13/h13H,4-12H2,1-3H3. The molecule has 0 aromatic rings. The van der Waals surface area contributed by atoms with Crippen LogP contribution in [0.15, 0.2) is 0 Å². The Labute approximate surface area is 101 Å². The van der Waals surface area contributed by atoms with Gasteiger partial charge in [-0.2, -0.15) is 9.78 Å². The van der Waals surface area contributed by atoms with E-state index in [9.17, 15) is 0 Å². The predicted molar refractivity (Wildman–Crippen MR) is 67.0 cm³/mol. The van der Waals surface area contributed by atoms with E-state index < -0.39 is 0 Å². The molecule has 1 rings (SSSR count). The van der Waals surface area contributed by atoms with Gasteiger partial charge in [-0.15, -0.1) is 0 Å². The SMILES string of the molecule is CCCCC(C)(CCCC)CCCC1OO1. The molecule has 1 aliphatic heterocycles. The molecule has 0 amide bonds. The zero-order chi connectivity index (χ0) is 11.9. The molecule has 16 heavy (non-hydrogen) atoms. The zero-order valence-electron chi connectivity index (χ0n) is 11.3. The molecule has 0 aliphatic carbocycles. The fourth-order valence-electron chi connectivity index (χ4n) is 2.41. The van der Waals surface area contributed by atoms with Crippen LogP contribution in [0.1, 0.15) is 78.6 Å². The summed E-state index contributed by atoms with van der Waals surface area (Å²) in [6.45, 7) is 7.03. The van der Waals surface area contributed by atoms with Crippen LogP contribution in [-0.4, -0.2) is 6.29 Å². The van der Waals surface area contributed by atoms with Gasteiger partial charge < -0.3 is 0 Å². The summed E-state index contributed by atoms with van der Waals surface area (Å²) in [5, 5.41) is 0. The lowest BCUT2D eigenvalue weighted by Crippen LogP contribution is -2.16. The van der Waals surface area contributed by atoms with E-state index in [2.05, 4.69) is 20.8 Å². The summed E-state index contributed by atoms with van der Waals surface area (Å²) in [5.41, 5.74) is 0.556. The highest BCUT2D eigenvalue weighted by Gasteiger charge is 2.28. The molecule has 1 saturated heterocycles. The number of hydrogen-bond acceptors (Lipinski definition) is 2. The van der Waals surface area contributed by atoms with Crippen LogP contribution in [0.3, 0.4) is 0 Å². The van der Waals surface area contributed by atoms with E-state index in [1.165, 1.54) is 51.4 Å². The molecule has 96 valence electrons. The smallest absolute Gasteiger partial charge is 0.199 e. The average molecular weight is 228 g/mol. The van der Waals surface area contributed by atoms with Crippen LogP contribution in [0.2, 0.25) is 0 Å². The van der Waals surface area contributed by atoms with Crippen LogP contribution in [0.25, 0.3) is 0 Å². The second-order valence-electron chi connectivity index (χ2n) is 5.53. The van der Waals surface area contributed by atoms with E-state index in [0.717, 1.165) is 6.42 Å². The first-order chi connectivity index (χ1) is 7.70. The molecule has 1 fully saturated rings. The highest BCUT2D eigenvalue weighted by atomic mass is 17.4. The Morgan fingerprint density at radius 3 is 1.81 bits per heavy atom. The molecule has 0 aromatic heterocycles. The highest BCUT2D eigenvalue weighted by molar-refractivity contribution is 4.74. The fraction of sp³-hybridized carbons (Fsp3) is 1.00. The van der Waals surface area contributed by atoms with Crippen molar-refractivity contribution in [3.63, 3.8) is 0 Å². The molecule has 1 aliphatic rings. The molecule has 0 bridgehead atoms. The molecule has 0 saturated carbocycles. The lowest BCUT2D eigenvalue weighted by Gasteiger charge is -2.29. The van der Waals surface area contributed by atoms with Crippen molar-refractivity contribution in [2.45, 2.75) is 84.8 Å². The maximum absolute atomic E-state index is 4.79. The van der Waals surface area contributed by atoms with Gasteiger partial charge in [-0.05, 0) is 31.1 Å². The minimum Gasteiger partial charge on any atom is -0.199 e. The predicted octanol–water partition coefficient (Wildman–Crippen LogP) is 4.83. The molecular formula is C14H28O2. The third-order valence-electron chi connectivity index (χ3n) is 3.72. The molecule has 0 atom stereocenters. The van der Waals surface area contributed by atoms with Gasteiger partial charge in [-0.1, -0.05) is 46.5 Å². The van der Waals surface area contributed by atoms with Crippen LogP contribution in [0, 0.1) is 5.41 Å². The van der Waals surface area contributed by atoms with Gasteiger partial charge in [-0.25, -0.2) is 0 Å². The maximum Gasteiger partial charge on any atom is 0.224 e. The van der Waals surface area contributed by atoms with Gasteiger partial charge in [0.05, 0.1) is 0 Å². The lowest BCUT2D eigenvalue weighted by molar-refractivity contribution is 0.0850. The quantitative estimate of drug-likeness (QED) is 0.395. The fourth-order valence-corrected chi connectivity index (χ4v) is 2.41. The second-order valence-corrected chi connectivity index (χ2v) is 5.53. The summed E-state index contributed by atoms with van der Waals surface area (Å²) in [5.74, 6) is 0. The molecule has 1 heterocycles. The van der Waals surface area contributed by atoms with Gasteiger partial charge in [0.25, 0.3) is 0 Å². The van der Waals surface area contributed by atoms with Crippen molar-refractivity contribution < 1.29 is 9.78 Å². The van der Waals surface area contributed by atoms with Gasteiger partial charge >= 0.3 is 0 Å². The number of hydrogen-bond donors (Lipinski definition) is 0. The van der Waals surface area contributed by atoms with E-state index in [4.69, 9.17) is 9.78 Å². The normalized spacial score (nSPS) is 16.7. The third-order valence-corrected chi connectivity index (χ3v) is 3.72. The lowest BCUT2D eigenvalue weighted by atomic mass is 9.76. The van der Waals surface area contributed by atoms with E-state index >= 15 is 0 Å². The van der Waals surface area contributed by atoms with Crippen molar-refractivity contribution >= 4 is 0 Å². The Bertz CT molecular complexity index is 168. The Morgan fingerprint density at radius 1 is 0.875 bits per heavy atom. The van der Waals surface area contributed by atoms with Crippen LogP contribution < -0.4 is 0 Å². The largest absolute Gasteiger partial charge is 0.224 e. The Balaban J connectivity index is 2.21. The van der Waals surface area contributed by atoms with Crippen molar-refractivity contribution in [2.75, 3.05) is 0 Å². The Hall–Kier alpha value is -0.0800. The van der Waals surface area contributed by atoms with Crippen molar-refractivity contribution in [1.82, 2.24) is 0 Å². The molecular weight excluding hydrogens is 200 g/mol. The van der Waals surface area contributed by atoms with E-state index in [-0.39, 0.29) is 6.29 Å². The monoisotopic (exact) mass is 228 g/mol. The summed E-state index contributed by atoms with van der Waals surface area (Å²) < 4.78 is 0. The van der Waals surface area contributed by atoms with Gasteiger partial charge in [0.1, 0.15) is 0 Å². The molecule has 0 radical (unpaired) electrons. The van der Waals surface area contributed by atoms with Crippen molar-refractivity contribution in [2.24, 2.45) is 5.41 Å². The minimum atomic E-state index is 0.126. The van der Waals surface area contributed by atoms with Gasteiger partial charge in [0.2, 0.25) is 6.29 Å². The first-order valence-electron chi connectivity index (χ1n) is 7.02. The first kappa shape index (κ1) is 14.0. The summed E-state index contributed by atoms with van der Waals surface area (Å²) in [6, 6.07) is 0. The summed E-state index contributed by atoms with van der Waals surface area (Å²) in [6.07, 6.45) is 11.9. The molecule has 2 nitrogen and oxygen atoms in total. The van der Waals surface area contributed by atoms with Crippen LogP contribution >= 0.6 is 0 Å². The topological polar surface area (TPSA) is 25.1 Å². The first-order valence-corrected chi connectivity index (χ1v) is 7.02. The summed E-state index contributed by atoms with van der Waals surface area (Å²) in [4.78, 5) is 9.57. The van der Waals surface area contributed by atoms with Gasteiger partial charge in [-0.3, -0.25) is 0 Å². The Morgan fingerprint density at radius 2 is 1.38 bits per heavy atom. The molecule has 0 spiro atoms. The van der Waals surface area contributed by atoms with E-state index in [0.29, 0.717) is 5.41 Å². The summed E-state index contributed by atoms with van der Waals surface area (Å²) in [7, 11) is 0. The van der Waals surface area contributed by atoms with Gasteiger partial charge in [0.15, 0.2) is 0 Å². The van der Waals surface area contributed by atoms with E-state index in [1.54, 1.807) is 0 Å². The van der Waals surface area contributed by atoms with Gasteiger partial charge in [0, 0.05) is 6.42 Å². The highest BCUT2D eigenvalue weighted by Crippen LogP contribution is 2.36. The maximum atomic E-state index is 4.79. The third kappa shape index (κ3) is 5.86. The van der Waals surface area contributed by atoms with Crippen LogP contribution in [-0.2, 0) is 9.78 Å². The van der Waals surface area contributed by atoms with Crippen LogP contribution in [0.5, 0.6) is 0 Å². The number of rotatable bonds is 10. The molecule has 0 N–H and O–H groups in total. The van der Waals surface area contributed by atoms with E-state index in [1.807, 2.05) is 0 Å². The average Bonchev–Trinajstić information content (AvgIpc) is 3.08. The summed E-state index contributed by atoms with van der Waals surface area (Å²) >= 11 is 0. The second kappa shape index (κ2) is 7.29. The van der Waals surface area contributed by atoms with Crippen molar-refractivity contribution in [3.8, 4) is 0 Å². The van der Waals surface area contributed by atoms with Crippen molar-refractivity contribution in [3.05, 3.63) is 0 Å². The molecule has 2 heteroatoms. The minimum absolute atomic E-state index is 0.126. The Kier molecular flexibility index (Phi) is 6.37. The van der Waals surface area contributed by atoms with Crippen LogP contribution in [0.4, 0.5) is 0 Å². The number of unbranched alkanes of at least 4 members (excludes halogenated alkanes) is 2. The molecule has 0 aromatic carbocycles. The van der Waals surface area contributed by atoms with Crippen molar-refractivity contribution in [1.29, 1.82) is 0 Å².